The maximum absolute atomic E-state index is 6.17. The third kappa shape index (κ3) is 3.22. The van der Waals surface area contributed by atoms with E-state index in [9.17, 15) is 0 Å². The SMILES string of the molecule is CC(c1ccccn1)N1CCC(N)C(C)(C)C1.Cl. The number of pyridine rings is 1. The predicted octanol–water partition coefficient (Wildman–Crippen LogP) is 2.62. The van der Waals surface area contributed by atoms with Crippen LogP contribution in [0.4, 0.5) is 0 Å². The number of likely N-dealkylation sites (tertiary alicyclic amines) is 1. The van der Waals surface area contributed by atoms with Crippen molar-refractivity contribution in [1.29, 1.82) is 0 Å². The molecule has 3 nitrogen and oxygen atoms in total. The van der Waals surface area contributed by atoms with Crippen LogP contribution in [0.2, 0.25) is 0 Å². The molecule has 0 aromatic carbocycles. The van der Waals surface area contributed by atoms with Gasteiger partial charge in [0.25, 0.3) is 0 Å². The molecule has 2 unspecified atom stereocenters. The molecule has 1 aromatic heterocycles. The molecule has 1 fully saturated rings. The Morgan fingerprint density at radius 3 is 2.72 bits per heavy atom. The van der Waals surface area contributed by atoms with E-state index in [1.54, 1.807) is 0 Å². The van der Waals surface area contributed by atoms with Gasteiger partial charge < -0.3 is 5.73 Å². The quantitative estimate of drug-likeness (QED) is 0.898. The summed E-state index contributed by atoms with van der Waals surface area (Å²) in [4.78, 5) is 6.94. The van der Waals surface area contributed by atoms with Crippen molar-refractivity contribution in [3.63, 3.8) is 0 Å². The Morgan fingerprint density at radius 2 is 2.17 bits per heavy atom. The van der Waals surface area contributed by atoms with Gasteiger partial charge >= 0.3 is 0 Å². The Labute approximate surface area is 116 Å². The summed E-state index contributed by atoms with van der Waals surface area (Å²) in [7, 11) is 0. The Morgan fingerprint density at radius 1 is 1.44 bits per heavy atom. The van der Waals surface area contributed by atoms with Gasteiger partial charge in [0.2, 0.25) is 0 Å². The summed E-state index contributed by atoms with van der Waals surface area (Å²) in [6.07, 6.45) is 2.94. The first-order valence-electron chi connectivity index (χ1n) is 6.41. The number of halogens is 1. The van der Waals surface area contributed by atoms with Gasteiger partial charge in [0.15, 0.2) is 0 Å². The van der Waals surface area contributed by atoms with E-state index < -0.39 is 0 Å². The fraction of sp³-hybridized carbons (Fsp3) is 0.643. The summed E-state index contributed by atoms with van der Waals surface area (Å²) in [6.45, 7) is 8.87. The standard InChI is InChI=1S/C14H23N3.ClH/c1-11(12-6-4-5-8-16-12)17-9-7-13(15)14(2,3)10-17;/h4-6,8,11,13H,7,9-10,15H2,1-3H3;1H. The molecule has 1 aliphatic rings. The summed E-state index contributed by atoms with van der Waals surface area (Å²) in [5.74, 6) is 0. The molecule has 0 aliphatic carbocycles. The van der Waals surface area contributed by atoms with E-state index in [0.29, 0.717) is 12.1 Å². The Kier molecular flexibility index (Phi) is 5.14. The summed E-state index contributed by atoms with van der Waals surface area (Å²) >= 11 is 0. The van der Waals surface area contributed by atoms with Gasteiger partial charge in [0.1, 0.15) is 0 Å². The average Bonchev–Trinajstić information content (AvgIpc) is 2.33. The smallest absolute Gasteiger partial charge is 0.0572 e. The Balaban J connectivity index is 0.00000162. The fourth-order valence-electron chi connectivity index (χ4n) is 2.56. The fourth-order valence-corrected chi connectivity index (χ4v) is 2.56. The van der Waals surface area contributed by atoms with Crippen LogP contribution >= 0.6 is 12.4 Å². The topological polar surface area (TPSA) is 42.2 Å². The van der Waals surface area contributed by atoms with Crippen molar-refractivity contribution in [2.75, 3.05) is 13.1 Å². The molecule has 2 rings (SSSR count). The van der Waals surface area contributed by atoms with Crippen LogP contribution in [0, 0.1) is 5.41 Å². The molecule has 102 valence electrons. The third-order valence-electron chi connectivity index (χ3n) is 4.01. The number of rotatable bonds is 2. The zero-order valence-corrected chi connectivity index (χ0v) is 12.3. The molecule has 0 spiro atoms. The second-order valence-corrected chi connectivity index (χ2v) is 5.78. The lowest BCUT2D eigenvalue weighted by molar-refractivity contribution is 0.0651. The van der Waals surface area contributed by atoms with Crippen LogP contribution in [0.1, 0.15) is 38.9 Å². The zero-order chi connectivity index (χ0) is 12.5. The highest BCUT2D eigenvalue weighted by molar-refractivity contribution is 5.85. The normalized spacial score (nSPS) is 25.2. The molecular formula is C14H24ClN3. The highest BCUT2D eigenvalue weighted by Gasteiger charge is 2.35. The van der Waals surface area contributed by atoms with E-state index in [1.165, 1.54) is 0 Å². The highest BCUT2D eigenvalue weighted by Crippen LogP contribution is 2.32. The number of aromatic nitrogens is 1. The molecule has 1 aromatic rings. The van der Waals surface area contributed by atoms with Crippen molar-refractivity contribution in [1.82, 2.24) is 9.88 Å². The van der Waals surface area contributed by atoms with E-state index >= 15 is 0 Å². The van der Waals surface area contributed by atoms with Crippen molar-refractivity contribution in [2.45, 2.75) is 39.3 Å². The number of hydrogen-bond donors (Lipinski definition) is 1. The lowest BCUT2D eigenvalue weighted by atomic mass is 9.79. The highest BCUT2D eigenvalue weighted by atomic mass is 35.5. The molecule has 0 saturated carbocycles. The first-order chi connectivity index (χ1) is 8.00. The van der Waals surface area contributed by atoms with Gasteiger partial charge in [-0.05, 0) is 30.9 Å². The average molecular weight is 270 g/mol. The van der Waals surface area contributed by atoms with Gasteiger partial charge in [-0.25, -0.2) is 0 Å². The Hall–Kier alpha value is -0.640. The molecule has 18 heavy (non-hydrogen) atoms. The lowest BCUT2D eigenvalue weighted by Gasteiger charge is -2.44. The van der Waals surface area contributed by atoms with Crippen LogP contribution < -0.4 is 5.73 Å². The van der Waals surface area contributed by atoms with E-state index in [-0.39, 0.29) is 17.8 Å². The van der Waals surface area contributed by atoms with Gasteiger partial charge in [0.05, 0.1) is 5.69 Å². The minimum Gasteiger partial charge on any atom is -0.327 e. The van der Waals surface area contributed by atoms with Crippen LogP contribution in [0.25, 0.3) is 0 Å². The largest absolute Gasteiger partial charge is 0.327 e. The molecule has 1 saturated heterocycles. The number of hydrogen-bond acceptors (Lipinski definition) is 3. The monoisotopic (exact) mass is 269 g/mol. The van der Waals surface area contributed by atoms with E-state index in [1.807, 2.05) is 12.3 Å². The van der Waals surface area contributed by atoms with Crippen LogP contribution in [0.5, 0.6) is 0 Å². The zero-order valence-electron chi connectivity index (χ0n) is 11.5. The van der Waals surface area contributed by atoms with E-state index in [4.69, 9.17) is 5.73 Å². The first-order valence-corrected chi connectivity index (χ1v) is 6.41. The van der Waals surface area contributed by atoms with E-state index in [0.717, 1.165) is 25.2 Å². The summed E-state index contributed by atoms with van der Waals surface area (Å²) in [6, 6.07) is 6.82. The number of nitrogens with zero attached hydrogens (tertiary/aromatic N) is 2. The first kappa shape index (κ1) is 15.4. The van der Waals surface area contributed by atoms with Gasteiger partial charge in [-0.1, -0.05) is 19.9 Å². The molecule has 0 radical (unpaired) electrons. The van der Waals surface area contributed by atoms with Crippen LogP contribution in [0.3, 0.4) is 0 Å². The molecule has 2 heterocycles. The molecule has 0 amide bonds. The van der Waals surface area contributed by atoms with E-state index in [2.05, 4.69) is 42.8 Å². The molecule has 0 bridgehead atoms. The van der Waals surface area contributed by atoms with Gasteiger partial charge in [-0.15, -0.1) is 12.4 Å². The second-order valence-electron chi connectivity index (χ2n) is 5.78. The molecule has 2 N–H and O–H groups in total. The molecule has 2 atom stereocenters. The summed E-state index contributed by atoms with van der Waals surface area (Å²) in [5.41, 5.74) is 7.52. The number of piperidine rings is 1. The van der Waals surface area contributed by atoms with Gasteiger partial charge in [-0.3, -0.25) is 9.88 Å². The van der Waals surface area contributed by atoms with Crippen molar-refractivity contribution in [2.24, 2.45) is 11.1 Å². The van der Waals surface area contributed by atoms with Gasteiger partial charge in [0, 0.05) is 31.4 Å². The second kappa shape index (κ2) is 6.00. The maximum Gasteiger partial charge on any atom is 0.0572 e. The minimum atomic E-state index is 0. The van der Waals surface area contributed by atoms with Crippen LogP contribution in [-0.2, 0) is 0 Å². The van der Waals surface area contributed by atoms with Crippen molar-refractivity contribution in [3.05, 3.63) is 30.1 Å². The van der Waals surface area contributed by atoms with Crippen LogP contribution in [0.15, 0.2) is 24.4 Å². The lowest BCUT2D eigenvalue weighted by Crippen LogP contribution is -2.52. The van der Waals surface area contributed by atoms with Gasteiger partial charge in [-0.2, -0.15) is 0 Å². The molecule has 1 aliphatic heterocycles. The predicted molar refractivity (Wildman–Crippen MR) is 77.8 cm³/mol. The minimum absolute atomic E-state index is 0. The summed E-state index contributed by atoms with van der Waals surface area (Å²) < 4.78 is 0. The van der Waals surface area contributed by atoms with Crippen molar-refractivity contribution in [3.8, 4) is 0 Å². The Bertz CT molecular complexity index is 367. The van der Waals surface area contributed by atoms with Crippen molar-refractivity contribution >= 4 is 12.4 Å². The number of nitrogens with two attached hydrogens (primary N) is 1. The molecule has 4 heteroatoms. The third-order valence-corrected chi connectivity index (χ3v) is 4.01. The summed E-state index contributed by atoms with van der Waals surface area (Å²) in [5, 5.41) is 0. The van der Waals surface area contributed by atoms with Crippen LogP contribution in [-0.4, -0.2) is 29.0 Å². The van der Waals surface area contributed by atoms with Crippen molar-refractivity contribution < 1.29 is 0 Å². The molecular weight excluding hydrogens is 246 g/mol. The maximum atomic E-state index is 6.17.